The molecule has 0 aliphatic carbocycles. The van der Waals surface area contributed by atoms with Crippen LogP contribution < -0.4 is 19.5 Å². The third-order valence-electron chi connectivity index (χ3n) is 4.24. The minimum Gasteiger partial charge on any atom is -0.485 e. The first-order chi connectivity index (χ1) is 13.7. The number of carbonyl (C=O) groups excluding carboxylic acids is 1. The second kappa shape index (κ2) is 8.23. The van der Waals surface area contributed by atoms with Gasteiger partial charge in [-0.05, 0) is 54.1 Å². The van der Waals surface area contributed by atoms with Crippen LogP contribution in [0.1, 0.15) is 5.56 Å². The number of hydrogen-bond donors (Lipinski definition) is 1. The summed E-state index contributed by atoms with van der Waals surface area (Å²) in [5.41, 5.74) is 0.953. The summed E-state index contributed by atoms with van der Waals surface area (Å²) in [5, 5.41) is 3.54. The van der Waals surface area contributed by atoms with Crippen molar-refractivity contribution in [3.8, 4) is 23.0 Å². The summed E-state index contributed by atoms with van der Waals surface area (Å²) in [6, 6.07) is 22.0. The third kappa shape index (κ3) is 4.38. The average Bonchev–Trinajstić information content (AvgIpc) is 2.74. The average molecular weight is 396 g/mol. The second-order valence-electron chi connectivity index (χ2n) is 6.28. The van der Waals surface area contributed by atoms with Crippen molar-refractivity contribution in [1.29, 1.82) is 0 Å². The largest absolute Gasteiger partial charge is 0.485 e. The normalized spacial score (nSPS) is 15.0. The molecule has 1 amide bonds. The van der Waals surface area contributed by atoms with Crippen LogP contribution in [0.4, 0.5) is 0 Å². The Bertz CT molecular complexity index is 957. The van der Waals surface area contributed by atoms with Gasteiger partial charge in [-0.25, -0.2) is 0 Å². The van der Waals surface area contributed by atoms with E-state index >= 15 is 0 Å². The fourth-order valence-corrected chi connectivity index (χ4v) is 2.89. The molecule has 1 atom stereocenters. The summed E-state index contributed by atoms with van der Waals surface area (Å²) in [5.74, 6) is 2.44. The number of fused-ring (bicyclic) bond motifs is 1. The molecule has 1 aliphatic rings. The van der Waals surface area contributed by atoms with Crippen molar-refractivity contribution in [1.82, 2.24) is 5.32 Å². The number of carbonyl (C=O) groups is 1. The Labute approximate surface area is 167 Å². The Morgan fingerprint density at radius 2 is 1.61 bits per heavy atom. The Balaban J connectivity index is 1.30. The molecule has 1 aliphatic heterocycles. The van der Waals surface area contributed by atoms with Crippen LogP contribution in [0.3, 0.4) is 0 Å². The lowest BCUT2D eigenvalue weighted by molar-refractivity contribution is -0.130. The van der Waals surface area contributed by atoms with Crippen molar-refractivity contribution in [2.45, 2.75) is 12.6 Å². The topological polar surface area (TPSA) is 56.8 Å². The number of halogens is 1. The van der Waals surface area contributed by atoms with E-state index in [4.69, 9.17) is 25.8 Å². The summed E-state index contributed by atoms with van der Waals surface area (Å²) in [4.78, 5) is 12.4. The van der Waals surface area contributed by atoms with Gasteiger partial charge in [-0.3, -0.25) is 4.79 Å². The fourth-order valence-electron chi connectivity index (χ4n) is 2.77. The van der Waals surface area contributed by atoms with Crippen molar-refractivity contribution in [2.24, 2.45) is 0 Å². The predicted octanol–water partition coefficient (Wildman–Crippen LogP) is 4.59. The van der Waals surface area contributed by atoms with E-state index in [1.807, 2.05) is 42.5 Å². The van der Waals surface area contributed by atoms with Crippen LogP contribution in [0.15, 0.2) is 72.8 Å². The van der Waals surface area contributed by atoms with Gasteiger partial charge in [0.25, 0.3) is 5.91 Å². The summed E-state index contributed by atoms with van der Waals surface area (Å²) in [6.45, 7) is 0.582. The molecule has 0 fully saturated rings. The Morgan fingerprint density at radius 3 is 2.32 bits per heavy atom. The van der Waals surface area contributed by atoms with Crippen LogP contribution in [0.5, 0.6) is 23.0 Å². The lowest BCUT2D eigenvalue weighted by atomic mass is 10.2. The van der Waals surface area contributed by atoms with E-state index < -0.39 is 6.10 Å². The minimum atomic E-state index is -0.664. The molecule has 0 aromatic heterocycles. The molecule has 3 aromatic rings. The van der Waals surface area contributed by atoms with Gasteiger partial charge in [0.05, 0.1) is 0 Å². The Kier molecular flexibility index (Phi) is 5.35. The van der Waals surface area contributed by atoms with Gasteiger partial charge < -0.3 is 19.5 Å². The van der Waals surface area contributed by atoms with Crippen LogP contribution in [-0.4, -0.2) is 18.6 Å². The number of para-hydroxylation sites is 2. The van der Waals surface area contributed by atoms with Gasteiger partial charge in [0.1, 0.15) is 18.1 Å². The molecule has 4 rings (SSSR count). The first kappa shape index (κ1) is 18.2. The second-order valence-corrected chi connectivity index (χ2v) is 6.72. The van der Waals surface area contributed by atoms with Crippen molar-refractivity contribution < 1.29 is 19.0 Å². The SMILES string of the molecule is O=C(NCc1ccc(Oc2ccc(Cl)cc2)cc1)C1COc2ccccc2O1. The molecule has 0 bridgehead atoms. The first-order valence-electron chi connectivity index (χ1n) is 8.86. The molecule has 1 N–H and O–H groups in total. The molecule has 6 heteroatoms. The van der Waals surface area contributed by atoms with E-state index in [2.05, 4.69) is 5.32 Å². The molecule has 5 nitrogen and oxygen atoms in total. The van der Waals surface area contributed by atoms with E-state index in [0.717, 1.165) is 5.56 Å². The number of hydrogen-bond acceptors (Lipinski definition) is 4. The maximum Gasteiger partial charge on any atom is 0.264 e. The van der Waals surface area contributed by atoms with Crippen LogP contribution in [0.2, 0.25) is 5.02 Å². The zero-order valence-corrected chi connectivity index (χ0v) is 15.7. The molecule has 3 aromatic carbocycles. The number of rotatable bonds is 5. The van der Waals surface area contributed by atoms with Crippen LogP contribution in [0, 0.1) is 0 Å². The van der Waals surface area contributed by atoms with Crippen LogP contribution in [0.25, 0.3) is 0 Å². The number of ether oxygens (including phenoxy) is 3. The van der Waals surface area contributed by atoms with Gasteiger partial charge in [-0.2, -0.15) is 0 Å². The highest BCUT2D eigenvalue weighted by molar-refractivity contribution is 6.30. The summed E-state index contributed by atoms with van der Waals surface area (Å²) < 4.78 is 17.0. The number of benzene rings is 3. The predicted molar refractivity (Wildman–Crippen MR) is 106 cm³/mol. The lowest BCUT2D eigenvalue weighted by Gasteiger charge is -2.25. The summed E-state index contributed by atoms with van der Waals surface area (Å²) in [7, 11) is 0. The molecule has 28 heavy (non-hydrogen) atoms. The van der Waals surface area contributed by atoms with E-state index in [-0.39, 0.29) is 12.5 Å². The van der Waals surface area contributed by atoms with Crippen molar-refractivity contribution >= 4 is 17.5 Å². The molecular formula is C22H18ClNO4. The highest BCUT2D eigenvalue weighted by atomic mass is 35.5. The summed E-state index contributed by atoms with van der Waals surface area (Å²) >= 11 is 5.87. The lowest BCUT2D eigenvalue weighted by Crippen LogP contribution is -2.43. The number of nitrogens with one attached hydrogen (secondary N) is 1. The van der Waals surface area contributed by atoms with E-state index in [0.29, 0.717) is 34.6 Å². The molecule has 142 valence electrons. The van der Waals surface area contributed by atoms with Gasteiger partial charge in [0, 0.05) is 11.6 Å². The highest BCUT2D eigenvalue weighted by Crippen LogP contribution is 2.31. The van der Waals surface area contributed by atoms with E-state index in [1.165, 1.54) is 0 Å². The zero-order valence-electron chi connectivity index (χ0n) is 14.9. The maximum absolute atomic E-state index is 12.4. The zero-order chi connectivity index (χ0) is 19.3. The van der Waals surface area contributed by atoms with Gasteiger partial charge >= 0.3 is 0 Å². The number of amides is 1. The van der Waals surface area contributed by atoms with Crippen molar-refractivity contribution in [3.63, 3.8) is 0 Å². The molecular weight excluding hydrogens is 378 g/mol. The molecule has 1 unspecified atom stereocenters. The fraction of sp³-hybridized carbons (Fsp3) is 0.136. The van der Waals surface area contributed by atoms with Crippen molar-refractivity contribution in [3.05, 3.63) is 83.4 Å². The third-order valence-corrected chi connectivity index (χ3v) is 4.49. The van der Waals surface area contributed by atoms with Crippen LogP contribution >= 0.6 is 11.6 Å². The molecule has 1 heterocycles. The maximum atomic E-state index is 12.4. The molecule has 0 radical (unpaired) electrons. The van der Waals surface area contributed by atoms with Gasteiger partial charge in [0.15, 0.2) is 11.5 Å². The monoisotopic (exact) mass is 395 g/mol. The smallest absolute Gasteiger partial charge is 0.264 e. The van der Waals surface area contributed by atoms with Crippen molar-refractivity contribution in [2.75, 3.05) is 6.61 Å². The molecule has 0 spiro atoms. The standard InChI is InChI=1S/C22H18ClNO4/c23-16-7-11-18(12-8-16)27-17-9-5-15(6-10-17)13-24-22(25)21-14-26-19-3-1-2-4-20(19)28-21/h1-12,21H,13-14H2,(H,24,25). The van der Waals surface area contributed by atoms with Crippen LogP contribution in [-0.2, 0) is 11.3 Å². The quantitative estimate of drug-likeness (QED) is 0.686. The minimum absolute atomic E-state index is 0.191. The molecule has 0 saturated heterocycles. The highest BCUT2D eigenvalue weighted by Gasteiger charge is 2.26. The Morgan fingerprint density at radius 1 is 0.964 bits per heavy atom. The van der Waals surface area contributed by atoms with Gasteiger partial charge in [-0.15, -0.1) is 0 Å². The Hall–Kier alpha value is -3.18. The van der Waals surface area contributed by atoms with E-state index in [9.17, 15) is 4.79 Å². The van der Waals surface area contributed by atoms with Gasteiger partial charge in [0.2, 0.25) is 6.10 Å². The van der Waals surface area contributed by atoms with Gasteiger partial charge in [-0.1, -0.05) is 35.9 Å². The first-order valence-corrected chi connectivity index (χ1v) is 9.24. The molecule has 0 saturated carbocycles. The van der Waals surface area contributed by atoms with E-state index in [1.54, 1.807) is 30.3 Å². The summed E-state index contributed by atoms with van der Waals surface area (Å²) in [6.07, 6.45) is -0.664.